The second kappa shape index (κ2) is 10.5. The second-order valence-electron chi connectivity index (χ2n) is 8.28. The van der Waals surface area contributed by atoms with Gasteiger partial charge in [0.2, 0.25) is 0 Å². The zero-order valence-corrected chi connectivity index (χ0v) is 18.8. The number of nitrogens with two attached hydrogens (primary N) is 1. The average Bonchev–Trinajstić information content (AvgIpc) is 2.83. The number of nitrogens with one attached hydrogen (secondary N) is 2. The summed E-state index contributed by atoms with van der Waals surface area (Å²) in [7, 11) is 1.52. The Bertz CT molecular complexity index is 1120. The number of benzene rings is 3. The number of hydrogen-bond acceptors (Lipinski definition) is 5. The van der Waals surface area contributed by atoms with E-state index in [0.29, 0.717) is 12.1 Å². The first kappa shape index (κ1) is 22.8. The summed E-state index contributed by atoms with van der Waals surface area (Å²) in [5, 5.41) is 13.1. The molecule has 0 atom stereocenters. The Hall–Kier alpha value is -3.42. The molecule has 0 spiro atoms. The van der Waals surface area contributed by atoms with Crippen molar-refractivity contribution >= 4 is 28.2 Å². The molecule has 4 N–H and O–H groups in total. The largest absolute Gasteiger partial charge is 0.490 e. The van der Waals surface area contributed by atoms with E-state index in [0.717, 1.165) is 53.7 Å². The van der Waals surface area contributed by atoms with E-state index in [1.54, 1.807) is 4.90 Å². The number of carbonyl (C=O) groups excluding carboxylic acids is 1. The minimum Gasteiger partial charge on any atom is -0.490 e. The smallest absolute Gasteiger partial charge is 0.253 e. The molecule has 0 aliphatic carbocycles. The number of carbonyl (C=O) groups is 1. The Balaban J connectivity index is 1.55. The molecule has 7 nitrogen and oxygen atoms in total. The number of piperidine rings is 1. The van der Waals surface area contributed by atoms with Crippen molar-refractivity contribution in [3.63, 3.8) is 0 Å². The average molecular weight is 447 g/mol. The molecule has 0 aromatic heterocycles. The zero-order valence-electron chi connectivity index (χ0n) is 18.8. The Morgan fingerprint density at radius 3 is 2.48 bits per heavy atom. The first-order valence-corrected chi connectivity index (χ1v) is 11.2. The summed E-state index contributed by atoms with van der Waals surface area (Å²) in [6, 6.07) is 19.4. The number of methoxy groups -OCH3 is 1. The van der Waals surface area contributed by atoms with Crippen LogP contribution in [-0.2, 0) is 16.1 Å². The van der Waals surface area contributed by atoms with Crippen molar-refractivity contribution in [3.05, 3.63) is 71.8 Å². The van der Waals surface area contributed by atoms with Crippen molar-refractivity contribution in [1.82, 2.24) is 5.32 Å². The molecule has 3 aromatic carbocycles. The topological polar surface area (TPSA) is 101 Å². The van der Waals surface area contributed by atoms with Crippen LogP contribution < -0.4 is 20.7 Å². The summed E-state index contributed by atoms with van der Waals surface area (Å²) < 4.78 is 11.2. The van der Waals surface area contributed by atoms with Crippen LogP contribution >= 0.6 is 0 Å². The first-order valence-electron chi connectivity index (χ1n) is 11.2. The van der Waals surface area contributed by atoms with Gasteiger partial charge >= 0.3 is 0 Å². The Morgan fingerprint density at radius 2 is 1.79 bits per heavy atom. The Morgan fingerprint density at radius 1 is 1.06 bits per heavy atom. The van der Waals surface area contributed by atoms with Crippen LogP contribution in [0.3, 0.4) is 0 Å². The van der Waals surface area contributed by atoms with E-state index in [-0.39, 0.29) is 24.5 Å². The van der Waals surface area contributed by atoms with Crippen LogP contribution in [0.25, 0.3) is 10.8 Å². The van der Waals surface area contributed by atoms with Crippen LogP contribution in [0, 0.1) is 5.41 Å². The number of rotatable bonds is 8. The van der Waals surface area contributed by atoms with Gasteiger partial charge in [-0.25, -0.2) is 0 Å². The maximum absolute atomic E-state index is 12.9. The molecule has 1 heterocycles. The van der Waals surface area contributed by atoms with Crippen LogP contribution in [0.4, 0.5) is 5.69 Å². The monoisotopic (exact) mass is 446 g/mol. The lowest BCUT2D eigenvalue weighted by molar-refractivity contribution is -0.122. The van der Waals surface area contributed by atoms with Crippen LogP contribution in [0.5, 0.6) is 5.75 Å². The summed E-state index contributed by atoms with van der Waals surface area (Å²) in [6.07, 6.45) is 2.21. The normalized spacial score (nSPS) is 14.2. The lowest BCUT2D eigenvalue weighted by Crippen LogP contribution is -2.34. The Kier molecular flexibility index (Phi) is 7.22. The third kappa shape index (κ3) is 5.69. The third-order valence-electron chi connectivity index (χ3n) is 5.86. The van der Waals surface area contributed by atoms with Crippen molar-refractivity contribution in [3.8, 4) is 5.75 Å². The molecular formula is C26H30N4O3. The van der Waals surface area contributed by atoms with Gasteiger partial charge in [0.05, 0.1) is 6.54 Å². The number of fused-ring (bicyclic) bond motifs is 1. The van der Waals surface area contributed by atoms with E-state index in [1.165, 1.54) is 7.11 Å². The van der Waals surface area contributed by atoms with Gasteiger partial charge < -0.3 is 25.4 Å². The minimum absolute atomic E-state index is 0.00457. The fourth-order valence-electron chi connectivity index (χ4n) is 4.08. The molecule has 172 valence electrons. The number of nitrogen functional groups attached to an aromatic ring is 1. The number of amides is 1. The van der Waals surface area contributed by atoms with Gasteiger partial charge in [0, 0.05) is 18.4 Å². The van der Waals surface area contributed by atoms with E-state index < -0.39 is 0 Å². The van der Waals surface area contributed by atoms with E-state index in [2.05, 4.69) is 5.32 Å². The molecule has 0 bridgehead atoms. The van der Waals surface area contributed by atoms with E-state index >= 15 is 0 Å². The van der Waals surface area contributed by atoms with Gasteiger partial charge in [-0.1, -0.05) is 24.3 Å². The van der Waals surface area contributed by atoms with E-state index in [4.69, 9.17) is 20.6 Å². The molecule has 0 radical (unpaired) electrons. The quantitative estimate of drug-likeness (QED) is 0.364. The number of amidine groups is 1. The number of ether oxygens (including phenoxy) is 2. The summed E-state index contributed by atoms with van der Waals surface area (Å²) in [6.45, 7) is 2.34. The molecule has 7 heteroatoms. The van der Waals surface area contributed by atoms with E-state index in [1.807, 2.05) is 60.7 Å². The number of anilines is 1. The molecule has 1 amide bonds. The van der Waals surface area contributed by atoms with Crippen molar-refractivity contribution in [2.75, 3.05) is 31.7 Å². The fourth-order valence-corrected chi connectivity index (χ4v) is 4.08. The molecule has 1 aliphatic rings. The highest BCUT2D eigenvalue weighted by atomic mass is 16.5. The highest BCUT2D eigenvalue weighted by Gasteiger charge is 2.18. The molecule has 0 unspecified atom stereocenters. The summed E-state index contributed by atoms with van der Waals surface area (Å²) in [5.74, 6) is 0.723. The maximum Gasteiger partial charge on any atom is 0.253 e. The predicted octanol–water partition coefficient (Wildman–Crippen LogP) is 3.43. The molecule has 33 heavy (non-hydrogen) atoms. The summed E-state index contributed by atoms with van der Waals surface area (Å²) >= 11 is 0. The SMILES string of the molecule is COCC(=O)N(Cc1ccc2ccc(C(=N)N)cc2c1)c1ccc(OC2CCNCC2)cc1. The second-order valence-corrected chi connectivity index (χ2v) is 8.28. The maximum atomic E-state index is 12.9. The molecule has 3 aromatic rings. The predicted molar refractivity (Wildman–Crippen MR) is 131 cm³/mol. The van der Waals surface area contributed by atoms with Gasteiger partial charge in [0.1, 0.15) is 24.3 Å². The van der Waals surface area contributed by atoms with Gasteiger partial charge in [0.15, 0.2) is 0 Å². The molecular weight excluding hydrogens is 416 g/mol. The number of hydrogen-bond donors (Lipinski definition) is 3. The third-order valence-corrected chi connectivity index (χ3v) is 5.86. The van der Waals surface area contributed by atoms with Crippen molar-refractivity contribution in [1.29, 1.82) is 5.41 Å². The standard InChI is InChI=1S/C26H30N4O3/c1-32-17-25(31)30(22-6-8-23(9-7-22)33-24-10-12-29-13-11-24)16-18-2-3-19-4-5-20(26(27)28)15-21(19)14-18/h2-9,14-15,24,29H,10-13,16-17H2,1H3,(H3,27,28). The van der Waals surface area contributed by atoms with Gasteiger partial charge in [-0.3, -0.25) is 10.2 Å². The molecule has 1 aliphatic heterocycles. The fraction of sp³-hybridized carbons (Fsp3) is 0.308. The van der Waals surface area contributed by atoms with Gasteiger partial charge in [-0.15, -0.1) is 0 Å². The molecule has 0 saturated carbocycles. The lowest BCUT2D eigenvalue weighted by atomic mass is 10.0. The van der Waals surface area contributed by atoms with Gasteiger partial charge in [-0.05, 0) is 78.7 Å². The highest BCUT2D eigenvalue weighted by Crippen LogP contribution is 2.25. The molecule has 4 rings (SSSR count). The van der Waals surface area contributed by atoms with Crippen LogP contribution in [0.2, 0.25) is 0 Å². The highest BCUT2D eigenvalue weighted by molar-refractivity contribution is 5.99. The summed E-state index contributed by atoms with van der Waals surface area (Å²) in [5.41, 5.74) is 8.08. The molecule has 1 saturated heterocycles. The summed E-state index contributed by atoms with van der Waals surface area (Å²) in [4.78, 5) is 14.6. The first-order chi connectivity index (χ1) is 16.0. The van der Waals surface area contributed by atoms with Crippen molar-refractivity contribution in [2.45, 2.75) is 25.5 Å². The lowest BCUT2D eigenvalue weighted by Gasteiger charge is -2.25. The molecule has 1 fully saturated rings. The minimum atomic E-state index is -0.123. The Labute approximate surface area is 194 Å². The number of nitrogens with zero attached hydrogens (tertiary/aromatic N) is 1. The van der Waals surface area contributed by atoms with Crippen molar-refractivity contribution in [2.24, 2.45) is 5.73 Å². The van der Waals surface area contributed by atoms with Crippen molar-refractivity contribution < 1.29 is 14.3 Å². The van der Waals surface area contributed by atoms with E-state index in [9.17, 15) is 4.79 Å². The van der Waals surface area contributed by atoms with Crippen LogP contribution in [0.15, 0.2) is 60.7 Å². The van der Waals surface area contributed by atoms with Crippen LogP contribution in [0.1, 0.15) is 24.0 Å². The zero-order chi connectivity index (χ0) is 23.2. The van der Waals surface area contributed by atoms with Gasteiger partial charge in [-0.2, -0.15) is 0 Å². The van der Waals surface area contributed by atoms with Crippen LogP contribution in [-0.4, -0.2) is 44.7 Å². The van der Waals surface area contributed by atoms with Gasteiger partial charge in [0.25, 0.3) is 5.91 Å².